The molecule has 0 spiro atoms. The third kappa shape index (κ3) is 1.71. The molecule has 1 aromatic heterocycles. The monoisotopic (exact) mass is 271 g/mol. The predicted molar refractivity (Wildman–Crippen MR) is 73.2 cm³/mol. The van der Waals surface area contributed by atoms with Crippen LogP contribution in [0.1, 0.15) is 17.7 Å². The van der Waals surface area contributed by atoms with Crippen molar-refractivity contribution in [3.8, 4) is 0 Å². The van der Waals surface area contributed by atoms with Crippen LogP contribution in [0.15, 0.2) is 29.8 Å². The maximum absolute atomic E-state index is 11.9. The van der Waals surface area contributed by atoms with Gasteiger partial charge in [0.1, 0.15) is 5.76 Å². The quantitative estimate of drug-likeness (QED) is 0.647. The number of rotatable bonds is 2. The van der Waals surface area contributed by atoms with Crippen molar-refractivity contribution in [1.29, 1.82) is 0 Å². The molecular weight excluding hydrogens is 258 g/mol. The van der Waals surface area contributed by atoms with E-state index in [0.717, 1.165) is 23.6 Å². The molecule has 1 aliphatic rings. The number of para-hydroxylation sites is 1. The number of aliphatic hydroxyl groups is 1. The summed E-state index contributed by atoms with van der Waals surface area (Å²) in [5.74, 6) is -1.89. The largest absolute Gasteiger partial charge is 0.505 e. The number of aromatic nitrogens is 1. The van der Waals surface area contributed by atoms with Crippen LogP contribution in [-0.2, 0) is 20.7 Å². The van der Waals surface area contributed by atoms with Gasteiger partial charge in [-0.2, -0.15) is 0 Å². The lowest BCUT2D eigenvalue weighted by Crippen LogP contribution is -2.21. The Morgan fingerprint density at radius 3 is 2.75 bits per heavy atom. The number of aryl methyl sites for hydroxylation is 1. The third-order valence-corrected chi connectivity index (χ3v) is 3.61. The molecule has 0 radical (unpaired) electrons. The molecule has 0 saturated heterocycles. The second kappa shape index (κ2) is 4.52. The van der Waals surface area contributed by atoms with Crippen molar-refractivity contribution < 1.29 is 19.4 Å². The highest BCUT2D eigenvalue weighted by molar-refractivity contribution is 6.41. The van der Waals surface area contributed by atoms with E-state index >= 15 is 0 Å². The zero-order valence-electron chi connectivity index (χ0n) is 10.9. The number of hydrogen-bond acceptors (Lipinski definition) is 4. The summed E-state index contributed by atoms with van der Waals surface area (Å²) in [6.07, 6.45) is 0.927. The van der Waals surface area contributed by atoms with Crippen molar-refractivity contribution >= 4 is 28.4 Å². The summed E-state index contributed by atoms with van der Waals surface area (Å²) in [7, 11) is 1.15. The summed E-state index contributed by atoms with van der Waals surface area (Å²) < 4.78 is 4.42. The Morgan fingerprint density at radius 2 is 2.00 bits per heavy atom. The van der Waals surface area contributed by atoms with Gasteiger partial charge in [-0.3, -0.25) is 4.79 Å². The highest BCUT2D eigenvalue weighted by Crippen LogP contribution is 2.34. The van der Waals surface area contributed by atoms with Gasteiger partial charge in [-0.15, -0.1) is 0 Å². The van der Waals surface area contributed by atoms with Gasteiger partial charge >= 0.3 is 5.97 Å². The van der Waals surface area contributed by atoms with E-state index in [1.807, 2.05) is 24.3 Å². The fourth-order valence-corrected chi connectivity index (χ4v) is 2.62. The van der Waals surface area contributed by atoms with E-state index in [9.17, 15) is 14.7 Å². The van der Waals surface area contributed by atoms with Gasteiger partial charge in [0.2, 0.25) is 0 Å². The van der Waals surface area contributed by atoms with E-state index in [1.54, 1.807) is 0 Å². The Hall–Kier alpha value is -2.56. The molecule has 3 rings (SSSR count). The number of ketones is 1. The molecule has 2 aromatic rings. The van der Waals surface area contributed by atoms with Crippen LogP contribution in [0, 0.1) is 0 Å². The molecule has 20 heavy (non-hydrogen) atoms. The highest BCUT2D eigenvalue weighted by Gasteiger charge is 2.30. The molecule has 0 fully saturated rings. The molecular formula is C15H13NO4. The second-order valence-electron chi connectivity index (χ2n) is 4.67. The summed E-state index contributed by atoms with van der Waals surface area (Å²) in [4.78, 5) is 26.3. The van der Waals surface area contributed by atoms with E-state index in [1.165, 1.54) is 0 Å². The van der Waals surface area contributed by atoms with Crippen molar-refractivity contribution in [2.45, 2.75) is 12.8 Å². The standard InChI is InChI=1S/C15H13NO4/c1-20-15(19)14(18)10-7-6-9-8-4-2-3-5-11(8)16-12(9)13(10)17/h2-5,16-17H,6-7H2,1H3. The molecule has 5 nitrogen and oxygen atoms in total. The van der Waals surface area contributed by atoms with Crippen LogP contribution in [-0.4, -0.2) is 29.0 Å². The normalized spacial score (nSPS) is 14.2. The minimum Gasteiger partial charge on any atom is -0.505 e. The maximum atomic E-state index is 11.9. The number of methoxy groups -OCH3 is 1. The number of ether oxygens (including phenoxy) is 1. The topological polar surface area (TPSA) is 79.4 Å². The van der Waals surface area contributed by atoms with Gasteiger partial charge in [0, 0.05) is 10.9 Å². The van der Waals surface area contributed by atoms with Crippen LogP contribution >= 0.6 is 0 Å². The molecule has 0 saturated carbocycles. The molecule has 0 bridgehead atoms. The van der Waals surface area contributed by atoms with Crippen molar-refractivity contribution in [3.63, 3.8) is 0 Å². The third-order valence-electron chi connectivity index (χ3n) is 3.61. The molecule has 2 N–H and O–H groups in total. The molecule has 5 heteroatoms. The lowest BCUT2D eigenvalue weighted by Gasteiger charge is -2.15. The average molecular weight is 271 g/mol. The number of esters is 1. The number of nitrogens with one attached hydrogen (secondary N) is 1. The van der Waals surface area contributed by atoms with Crippen molar-refractivity contribution in [1.82, 2.24) is 4.98 Å². The van der Waals surface area contributed by atoms with Crippen molar-refractivity contribution in [3.05, 3.63) is 41.1 Å². The molecule has 0 atom stereocenters. The molecule has 0 unspecified atom stereocenters. The van der Waals surface area contributed by atoms with Crippen LogP contribution in [0.5, 0.6) is 0 Å². The lowest BCUT2D eigenvalue weighted by molar-refractivity contribution is -0.149. The fraction of sp³-hybridized carbons (Fsp3) is 0.200. The Morgan fingerprint density at radius 1 is 1.25 bits per heavy atom. The summed E-state index contributed by atoms with van der Waals surface area (Å²) in [6, 6.07) is 7.69. The number of benzene rings is 1. The van der Waals surface area contributed by atoms with Gasteiger partial charge in [0.25, 0.3) is 5.78 Å². The van der Waals surface area contributed by atoms with Gasteiger partial charge in [-0.1, -0.05) is 18.2 Å². The van der Waals surface area contributed by atoms with E-state index < -0.39 is 11.8 Å². The minimum absolute atomic E-state index is 0.107. The van der Waals surface area contributed by atoms with Crippen LogP contribution in [0.3, 0.4) is 0 Å². The SMILES string of the molecule is COC(=O)C(=O)C1=C(O)c2[nH]c3ccccc3c2CC1. The number of fused-ring (bicyclic) bond motifs is 3. The van der Waals surface area contributed by atoms with Gasteiger partial charge in [0.05, 0.1) is 18.4 Å². The molecule has 1 heterocycles. The first-order valence-corrected chi connectivity index (χ1v) is 6.28. The van der Waals surface area contributed by atoms with Crippen LogP contribution in [0.4, 0.5) is 0 Å². The first-order chi connectivity index (χ1) is 9.63. The molecule has 102 valence electrons. The first kappa shape index (κ1) is 12.5. The summed E-state index contributed by atoms with van der Waals surface area (Å²) in [6.45, 7) is 0. The Bertz CT molecular complexity index is 754. The number of hydrogen-bond donors (Lipinski definition) is 2. The van der Waals surface area contributed by atoms with Crippen LogP contribution in [0.25, 0.3) is 16.7 Å². The number of H-pyrrole nitrogens is 1. The van der Waals surface area contributed by atoms with E-state index in [2.05, 4.69) is 9.72 Å². The number of Topliss-reactive ketones (excluding diaryl/α,β-unsaturated/α-hetero) is 1. The number of carbonyl (C=O) groups is 2. The maximum Gasteiger partial charge on any atom is 0.379 e. The number of aromatic amines is 1. The van der Waals surface area contributed by atoms with Gasteiger partial charge in [-0.05, 0) is 24.5 Å². The van der Waals surface area contributed by atoms with Gasteiger partial charge in [-0.25, -0.2) is 4.79 Å². The Labute approximate surface area is 114 Å². The predicted octanol–water partition coefficient (Wildman–Crippen LogP) is 2.13. The van der Waals surface area contributed by atoms with E-state index in [-0.39, 0.29) is 11.3 Å². The smallest absolute Gasteiger partial charge is 0.379 e. The number of carbonyl (C=O) groups excluding carboxylic acids is 2. The first-order valence-electron chi connectivity index (χ1n) is 6.28. The van der Waals surface area contributed by atoms with E-state index in [4.69, 9.17) is 0 Å². The zero-order valence-corrected chi connectivity index (χ0v) is 10.9. The summed E-state index contributed by atoms with van der Waals surface area (Å²) in [5.41, 5.74) is 2.50. The van der Waals surface area contributed by atoms with Gasteiger partial charge in [0.15, 0.2) is 0 Å². The number of aliphatic hydroxyl groups excluding tert-OH is 1. The van der Waals surface area contributed by atoms with Gasteiger partial charge < -0.3 is 14.8 Å². The summed E-state index contributed by atoms with van der Waals surface area (Å²) >= 11 is 0. The van der Waals surface area contributed by atoms with Crippen molar-refractivity contribution in [2.24, 2.45) is 0 Å². The van der Waals surface area contributed by atoms with E-state index in [0.29, 0.717) is 18.5 Å². The van der Waals surface area contributed by atoms with Crippen molar-refractivity contribution in [2.75, 3.05) is 7.11 Å². The zero-order chi connectivity index (χ0) is 14.3. The molecule has 1 aromatic carbocycles. The summed E-state index contributed by atoms with van der Waals surface area (Å²) in [5, 5.41) is 11.3. The highest BCUT2D eigenvalue weighted by atomic mass is 16.5. The average Bonchev–Trinajstić information content (AvgIpc) is 2.86. The second-order valence-corrected chi connectivity index (χ2v) is 4.67. The Balaban J connectivity index is 2.15. The molecule has 1 aliphatic carbocycles. The van der Waals surface area contributed by atoms with Crippen LogP contribution in [0.2, 0.25) is 0 Å². The van der Waals surface area contributed by atoms with Crippen LogP contribution < -0.4 is 0 Å². The lowest BCUT2D eigenvalue weighted by atomic mass is 9.91. The molecule has 0 aliphatic heterocycles. The minimum atomic E-state index is -0.953. The fourth-order valence-electron chi connectivity index (χ4n) is 2.62. The Kier molecular flexibility index (Phi) is 2.82. The molecule has 0 amide bonds.